The third-order valence-electron chi connectivity index (χ3n) is 2.69. The zero-order chi connectivity index (χ0) is 14.3. The van der Waals surface area contributed by atoms with Gasteiger partial charge in [0.1, 0.15) is 0 Å². The van der Waals surface area contributed by atoms with Gasteiger partial charge in [-0.25, -0.2) is 0 Å². The highest BCUT2D eigenvalue weighted by molar-refractivity contribution is 6.56. The van der Waals surface area contributed by atoms with E-state index in [9.17, 15) is 4.79 Å². The summed E-state index contributed by atoms with van der Waals surface area (Å²) in [5.41, 5.74) is 1.16. The molecule has 0 saturated heterocycles. The molecule has 0 bridgehead atoms. The van der Waals surface area contributed by atoms with Crippen molar-refractivity contribution in [3.05, 3.63) is 53.3 Å². The molecule has 0 atom stereocenters. The molecule has 1 aromatic carbocycles. The number of halogens is 5. The smallest absolute Gasteiger partial charge is 0.251 e. The Labute approximate surface area is 134 Å². The molecule has 0 aliphatic heterocycles. The highest BCUT2D eigenvalue weighted by atomic mass is 35.5. The van der Waals surface area contributed by atoms with Crippen LogP contribution < -0.4 is 5.56 Å². The average molecular weight is 357 g/mol. The van der Waals surface area contributed by atoms with Crippen molar-refractivity contribution < 1.29 is 0 Å². The topological polar surface area (TPSA) is 32.9 Å². The van der Waals surface area contributed by atoms with Crippen LogP contribution in [0.4, 0.5) is 0 Å². The first-order valence-electron chi connectivity index (χ1n) is 5.06. The number of hydrogen-bond acceptors (Lipinski definition) is 1. The fourth-order valence-corrected chi connectivity index (χ4v) is 3.01. The highest BCUT2D eigenvalue weighted by Gasteiger charge is 2.21. The Morgan fingerprint density at radius 3 is 1.89 bits per heavy atom. The van der Waals surface area contributed by atoms with Gasteiger partial charge in [-0.05, 0) is 18.6 Å². The minimum atomic E-state index is -0.244. The first-order valence-corrected chi connectivity index (χ1v) is 6.95. The Hall–Kier alpha value is -0.380. The Morgan fingerprint density at radius 1 is 0.895 bits per heavy atom. The molecule has 0 aliphatic carbocycles. The van der Waals surface area contributed by atoms with Gasteiger partial charge in [0, 0.05) is 17.3 Å². The zero-order valence-corrected chi connectivity index (χ0v) is 13.2. The molecule has 2 aromatic rings. The second-order valence-corrected chi connectivity index (χ2v) is 5.68. The number of H-pyrrole nitrogens is 1. The third kappa shape index (κ3) is 2.48. The molecule has 0 aliphatic rings. The summed E-state index contributed by atoms with van der Waals surface area (Å²) in [6.07, 6.45) is 1.49. The van der Waals surface area contributed by atoms with Gasteiger partial charge in [0.2, 0.25) is 0 Å². The van der Waals surface area contributed by atoms with E-state index in [0.717, 1.165) is 0 Å². The van der Waals surface area contributed by atoms with Crippen LogP contribution in [0.1, 0.15) is 5.56 Å². The lowest BCUT2D eigenvalue weighted by atomic mass is 10.0. The van der Waals surface area contributed by atoms with Crippen molar-refractivity contribution in [2.45, 2.75) is 6.92 Å². The SMILES string of the molecule is Cc1c(-c2c(Cl)c(Cl)c(Cl)c(Cl)c2Cl)cc[nH]c1=O. The predicted molar refractivity (Wildman–Crippen MR) is 82.3 cm³/mol. The maximum absolute atomic E-state index is 11.6. The summed E-state index contributed by atoms with van der Waals surface area (Å²) in [6.45, 7) is 1.65. The summed E-state index contributed by atoms with van der Waals surface area (Å²) < 4.78 is 0. The minimum absolute atomic E-state index is 0.0876. The minimum Gasteiger partial charge on any atom is -0.329 e. The quantitative estimate of drug-likeness (QED) is 0.522. The van der Waals surface area contributed by atoms with Gasteiger partial charge in [-0.2, -0.15) is 0 Å². The maximum Gasteiger partial charge on any atom is 0.251 e. The van der Waals surface area contributed by atoms with Crippen molar-refractivity contribution in [2.24, 2.45) is 0 Å². The summed E-state index contributed by atoms with van der Waals surface area (Å²) in [6, 6.07) is 1.67. The van der Waals surface area contributed by atoms with Gasteiger partial charge in [0.15, 0.2) is 0 Å². The van der Waals surface area contributed by atoms with Crippen LogP contribution in [0, 0.1) is 6.92 Å². The van der Waals surface area contributed by atoms with Crippen molar-refractivity contribution >= 4 is 58.0 Å². The van der Waals surface area contributed by atoms with Crippen LogP contribution in [0.15, 0.2) is 17.1 Å². The summed E-state index contributed by atoms with van der Waals surface area (Å²) in [7, 11) is 0. The molecule has 0 unspecified atom stereocenters. The Kier molecular flexibility index (Phi) is 4.38. The number of rotatable bonds is 1. The summed E-state index contributed by atoms with van der Waals surface area (Å²) in [4.78, 5) is 14.2. The normalized spacial score (nSPS) is 10.8. The molecular weight excluding hydrogens is 351 g/mol. The van der Waals surface area contributed by atoms with E-state index in [1.54, 1.807) is 13.0 Å². The molecule has 19 heavy (non-hydrogen) atoms. The molecular formula is C12H6Cl5NO. The number of hydrogen-bond donors (Lipinski definition) is 1. The van der Waals surface area contributed by atoms with Gasteiger partial charge in [0.05, 0.1) is 25.1 Å². The van der Waals surface area contributed by atoms with E-state index >= 15 is 0 Å². The zero-order valence-electron chi connectivity index (χ0n) is 9.45. The van der Waals surface area contributed by atoms with Crippen molar-refractivity contribution in [3.63, 3.8) is 0 Å². The molecule has 0 fully saturated rings. The Morgan fingerprint density at radius 2 is 1.37 bits per heavy atom. The van der Waals surface area contributed by atoms with Gasteiger partial charge < -0.3 is 4.98 Å². The van der Waals surface area contributed by atoms with Crippen molar-refractivity contribution in [1.82, 2.24) is 4.98 Å². The predicted octanol–water partition coefficient (Wildman–Crippen LogP) is 5.62. The number of nitrogens with one attached hydrogen (secondary N) is 1. The molecule has 2 rings (SSSR count). The van der Waals surface area contributed by atoms with Gasteiger partial charge in [0.25, 0.3) is 5.56 Å². The molecule has 0 amide bonds. The number of aromatic nitrogens is 1. The molecule has 1 aromatic heterocycles. The van der Waals surface area contributed by atoms with Crippen LogP contribution in [0.5, 0.6) is 0 Å². The van der Waals surface area contributed by atoms with Crippen molar-refractivity contribution in [2.75, 3.05) is 0 Å². The lowest BCUT2D eigenvalue weighted by Gasteiger charge is -2.13. The van der Waals surface area contributed by atoms with E-state index in [0.29, 0.717) is 16.7 Å². The number of benzene rings is 1. The van der Waals surface area contributed by atoms with Gasteiger partial charge in [-0.3, -0.25) is 4.79 Å². The second kappa shape index (κ2) is 5.55. The lowest BCUT2D eigenvalue weighted by molar-refractivity contribution is 1.18. The average Bonchev–Trinajstić information content (AvgIpc) is 2.39. The molecule has 1 N–H and O–H groups in total. The first-order chi connectivity index (χ1) is 8.86. The van der Waals surface area contributed by atoms with Gasteiger partial charge in [-0.15, -0.1) is 0 Å². The van der Waals surface area contributed by atoms with E-state index < -0.39 is 0 Å². The summed E-state index contributed by atoms with van der Waals surface area (Å²) >= 11 is 30.3. The van der Waals surface area contributed by atoms with E-state index in [2.05, 4.69) is 4.98 Å². The monoisotopic (exact) mass is 355 g/mol. The van der Waals surface area contributed by atoms with Crippen LogP contribution in [-0.4, -0.2) is 4.98 Å². The number of aromatic amines is 1. The van der Waals surface area contributed by atoms with Crippen LogP contribution >= 0.6 is 58.0 Å². The lowest BCUT2D eigenvalue weighted by Crippen LogP contribution is -2.09. The molecule has 7 heteroatoms. The second-order valence-electron chi connectivity index (χ2n) is 3.79. The fourth-order valence-electron chi connectivity index (χ4n) is 1.67. The van der Waals surface area contributed by atoms with E-state index in [1.807, 2.05) is 0 Å². The molecule has 100 valence electrons. The van der Waals surface area contributed by atoms with Gasteiger partial charge in [-0.1, -0.05) is 58.0 Å². The summed E-state index contributed by atoms with van der Waals surface area (Å²) in [5.74, 6) is 0. The largest absolute Gasteiger partial charge is 0.329 e. The fraction of sp³-hybridized carbons (Fsp3) is 0.0833. The van der Waals surface area contributed by atoms with Gasteiger partial charge >= 0.3 is 0 Å². The molecule has 2 nitrogen and oxygen atoms in total. The van der Waals surface area contributed by atoms with Crippen LogP contribution in [0.25, 0.3) is 11.1 Å². The summed E-state index contributed by atoms with van der Waals surface area (Å²) in [5, 5.41) is 0.619. The molecule has 1 heterocycles. The molecule has 0 radical (unpaired) electrons. The van der Waals surface area contributed by atoms with Crippen molar-refractivity contribution in [1.29, 1.82) is 0 Å². The highest BCUT2D eigenvalue weighted by Crippen LogP contribution is 2.48. The third-order valence-corrected chi connectivity index (χ3v) is 4.96. The molecule has 0 spiro atoms. The van der Waals surface area contributed by atoms with E-state index in [-0.39, 0.29) is 30.7 Å². The van der Waals surface area contributed by atoms with Crippen LogP contribution in [-0.2, 0) is 0 Å². The standard InChI is InChI=1S/C12H6Cl5NO/c1-4-5(2-3-18-12(4)19)6-7(13)9(15)11(17)10(16)8(6)14/h2-3H,1H3,(H,18,19). The Balaban J connectivity index is 2.91. The Bertz CT molecular complexity index is 694. The van der Waals surface area contributed by atoms with Crippen molar-refractivity contribution in [3.8, 4) is 11.1 Å². The van der Waals surface area contributed by atoms with E-state index in [1.165, 1.54) is 6.20 Å². The van der Waals surface area contributed by atoms with Crippen LogP contribution in [0.2, 0.25) is 25.1 Å². The van der Waals surface area contributed by atoms with E-state index in [4.69, 9.17) is 58.0 Å². The first kappa shape index (κ1) is 15.0. The maximum atomic E-state index is 11.6. The molecule has 0 saturated carbocycles. The van der Waals surface area contributed by atoms with Crippen LogP contribution in [0.3, 0.4) is 0 Å². The number of pyridine rings is 1.